The number of aromatic nitrogens is 2. The van der Waals surface area contributed by atoms with Gasteiger partial charge in [-0.25, -0.2) is 4.79 Å². The van der Waals surface area contributed by atoms with E-state index in [1.807, 2.05) is 30.3 Å². The standard InChI is InChI=1S/C25H23ClN4O3/c1-4-29(5-2)18-11-7-17(8-12-18)9-13-20-21(15-27)24(31)30(28-23(20)25(32)33)19-10-6-16(3)22(26)14-19/h6-14H,4-5H2,1-3H3,(H,32,33)/b13-9-. The Labute approximate surface area is 196 Å². The van der Waals surface area contributed by atoms with Gasteiger partial charge >= 0.3 is 5.97 Å². The highest BCUT2D eigenvalue weighted by Gasteiger charge is 2.21. The third-order valence-electron chi connectivity index (χ3n) is 5.31. The average molecular weight is 463 g/mol. The van der Waals surface area contributed by atoms with Crippen LogP contribution in [-0.2, 0) is 0 Å². The first-order valence-electron chi connectivity index (χ1n) is 10.4. The molecule has 0 aliphatic carbocycles. The van der Waals surface area contributed by atoms with Crippen LogP contribution in [0.15, 0.2) is 47.3 Å². The molecule has 168 valence electrons. The lowest BCUT2D eigenvalue weighted by Gasteiger charge is -2.20. The molecule has 0 atom stereocenters. The van der Waals surface area contributed by atoms with E-state index in [4.69, 9.17) is 11.6 Å². The van der Waals surface area contributed by atoms with Crippen molar-refractivity contribution in [2.75, 3.05) is 18.0 Å². The maximum absolute atomic E-state index is 13.0. The van der Waals surface area contributed by atoms with E-state index in [0.29, 0.717) is 5.02 Å². The van der Waals surface area contributed by atoms with Crippen molar-refractivity contribution < 1.29 is 9.90 Å². The van der Waals surface area contributed by atoms with Crippen molar-refractivity contribution in [2.24, 2.45) is 0 Å². The molecule has 0 unspecified atom stereocenters. The van der Waals surface area contributed by atoms with Gasteiger partial charge in [0.1, 0.15) is 11.6 Å². The molecule has 1 aromatic heterocycles. The van der Waals surface area contributed by atoms with Crippen LogP contribution in [-0.4, -0.2) is 33.9 Å². The zero-order valence-corrected chi connectivity index (χ0v) is 19.3. The summed E-state index contributed by atoms with van der Waals surface area (Å²) in [5.41, 5.74) is 1.45. The molecule has 0 bridgehead atoms. The van der Waals surface area contributed by atoms with E-state index in [2.05, 4.69) is 23.8 Å². The molecule has 0 amide bonds. The van der Waals surface area contributed by atoms with Gasteiger partial charge in [0, 0.05) is 29.4 Å². The molecule has 1 heterocycles. The zero-order valence-electron chi connectivity index (χ0n) is 18.5. The fourth-order valence-corrected chi connectivity index (χ4v) is 3.59. The number of hydrogen-bond donors (Lipinski definition) is 1. The summed E-state index contributed by atoms with van der Waals surface area (Å²) in [6.45, 7) is 7.72. The predicted octanol–water partition coefficient (Wildman–Crippen LogP) is 4.78. The molecule has 0 radical (unpaired) electrons. The number of carboxylic acids is 1. The number of carboxylic acid groups (broad SMARTS) is 1. The summed E-state index contributed by atoms with van der Waals surface area (Å²) in [5, 5.41) is 23.8. The Morgan fingerprint density at radius 3 is 2.39 bits per heavy atom. The average Bonchev–Trinajstić information content (AvgIpc) is 2.81. The molecule has 0 saturated heterocycles. The SMILES string of the molecule is CCN(CC)c1ccc(/C=C\c2c(C(=O)O)nn(-c3ccc(C)c(Cl)c3)c(=O)c2C#N)cc1. The number of nitrogens with zero attached hydrogens (tertiary/aromatic N) is 4. The molecule has 0 saturated carbocycles. The van der Waals surface area contributed by atoms with E-state index in [1.165, 1.54) is 12.1 Å². The molecule has 3 rings (SSSR count). The van der Waals surface area contributed by atoms with Gasteiger partial charge in [-0.2, -0.15) is 15.0 Å². The first-order chi connectivity index (χ1) is 15.8. The van der Waals surface area contributed by atoms with Crippen molar-refractivity contribution in [2.45, 2.75) is 20.8 Å². The molecular weight excluding hydrogens is 440 g/mol. The van der Waals surface area contributed by atoms with Gasteiger partial charge in [-0.15, -0.1) is 0 Å². The number of nitriles is 1. The fraction of sp³-hybridized carbons (Fsp3) is 0.200. The Kier molecular flexibility index (Phi) is 7.31. The van der Waals surface area contributed by atoms with Crippen molar-refractivity contribution >= 4 is 35.4 Å². The highest BCUT2D eigenvalue weighted by atomic mass is 35.5. The van der Waals surface area contributed by atoms with Crippen LogP contribution in [0.4, 0.5) is 5.69 Å². The van der Waals surface area contributed by atoms with E-state index in [-0.39, 0.29) is 16.8 Å². The lowest BCUT2D eigenvalue weighted by molar-refractivity contribution is 0.0688. The molecule has 0 aliphatic rings. The Morgan fingerprint density at radius 2 is 1.85 bits per heavy atom. The van der Waals surface area contributed by atoms with Crippen LogP contribution >= 0.6 is 11.6 Å². The maximum atomic E-state index is 13.0. The molecule has 1 N–H and O–H groups in total. The van der Waals surface area contributed by atoms with Gasteiger partial charge in [-0.1, -0.05) is 42.0 Å². The Hall–Kier alpha value is -3.89. The lowest BCUT2D eigenvalue weighted by atomic mass is 10.1. The molecule has 3 aromatic rings. The second kappa shape index (κ2) is 10.2. The zero-order chi connectivity index (χ0) is 24.1. The van der Waals surface area contributed by atoms with Crippen molar-refractivity contribution in [3.05, 3.63) is 85.8 Å². The van der Waals surface area contributed by atoms with Crippen LogP contribution < -0.4 is 10.5 Å². The number of aryl methyl sites for hydroxylation is 1. The Morgan fingerprint density at radius 1 is 1.18 bits per heavy atom. The van der Waals surface area contributed by atoms with Gasteiger partial charge in [-0.3, -0.25) is 4.79 Å². The second-order valence-corrected chi connectivity index (χ2v) is 7.71. The summed E-state index contributed by atoms with van der Waals surface area (Å²) >= 11 is 6.15. The van der Waals surface area contributed by atoms with Crippen molar-refractivity contribution in [3.8, 4) is 11.8 Å². The third kappa shape index (κ3) is 4.97. The molecular formula is C25H23ClN4O3. The molecule has 33 heavy (non-hydrogen) atoms. The van der Waals surface area contributed by atoms with E-state index in [0.717, 1.165) is 34.6 Å². The van der Waals surface area contributed by atoms with Gasteiger partial charge in [-0.05, 0) is 56.2 Å². The minimum Gasteiger partial charge on any atom is -0.476 e. The molecule has 7 nitrogen and oxygen atoms in total. The number of aromatic carboxylic acids is 1. The predicted molar refractivity (Wildman–Crippen MR) is 130 cm³/mol. The summed E-state index contributed by atoms with van der Waals surface area (Å²) in [5.74, 6) is -1.35. The van der Waals surface area contributed by atoms with Crippen LogP contribution in [0.1, 0.15) is 46.6 Å². The van der Waals surface area contributed by atoms with E-state index in [1.54, 1.807) is 25.1 Å². The molecule has 0 fully saturated rings. The molecule has 0 aliphatic heterocycles. The van der Waals surface area contributed by atoms with Crippen molar-refractivity contribution in [1.82, 2.24) is 9.78 Å². The van der Waals surface area contributed by atoms with Gasteiger partial charge < -0.3 is 10.0 Å². The number of halogens is 1. The summed E-state index contributed by atoms with van der Waals surface area (Å²) in [6.07, 6.45) is 3.10. The summed E-state index contributed by atoms with van der Waals surface area (Å²) in [4.78, 5) is 27.1. The summed E-state index contributed by atoms with van der Waals surface area (Å²) in [6, 6.07) is 14.3. The number of anilines is 1. The quantitative estimate of drug-likeness (QED) is 0.542. The highest BCUT2D eigenvalue weighted by Crippen LogP contribution is 2.21. The van der Waals surface area contributed by atoms with E-state index < -0.39 is 17.2 Å². The van der Waals surface area contributed by atoms with Gasteiger partial charge in [0.15, 0.2) is 5.69 Å². The van der Waals surface area contributed by atoms with Crippen molar-refractivity contribution in [1.29, 1.82) is 5.26 Å². The van der Waals surface area contributed by atoms with Gasteiger partial charge in [0.25, 0.3) is 5.56 Å². The minimum atomic E-state index is -1.35. The largest absolute Gasteiger partial charge is 0.476 e. The molecule has 0 spiro atoms. The van der Waals surface area contributed by atoms with Crippen LogP contribution in [0.2, 0.25) is 5.02 Å². The number of hydrogen-bond acceptors (Lipinski definition) is 5. The number of carbonyl (C=O) groups is 1. The molecule has 8 heteroatoms. The maximum Gasteiger partial charge on any atom is 0.357 e. The topological polar surface area (TPSA) is 99.2 Å². The normalized spacial score (nSPS) is 10.9. The number of benzene rings is 2. The van der Waals surface area contributed by atoms with Gasteiger partial charge in [0.2, 0.25) is 0 Å². The van der Waals surface area contributed by atoms with Crippen LogP contribution in [0.25, 0.3) is 17.8 Å². The highest BCUT2D eigenvalue weighted by molar-refractivity contribution is 6.31. The Bertz CT molecular complexity index is 1320. The first-order valence-corrected chi connectivity index (χ1v) is 10.8. The number of rotatable bonds is 7. The summed E-state index contributed by atoms with van der Waals surface area (Å²) in [7, 11) is 0. The Balaban J connectivity index is 2.09. The monoisotopic (exact) mass is 462 g/mol. The van der Waals surface area contributed by atoms with E-state index >= 15 is 0 Å². The van der Waals surface area contributed by atoms with Gasteiger partial charge in [0.05, 0.1) is 5.69 Å². The van der Waals surface area contributed by atoms with Crippen LogP contribution in [0.5, 0.6) is 0 Å². The third-order valence-corrected chi connectivity index (χ3v) is 5.72. The second-order valence-electron chi connectivity index (χ2n) is 7.30. The fourth-order valence-electron chi connectivity index (χ4n) is 3.42. The molecule has 2 aromatic carbocycles. The lowest BCUT2D eigenvalue weighted by Crippen LogP contribution is -2.28. The minimum absolute atomic E-state index is 0.0442. The van der Waals surface area contributed by atoms with Crippen molar-refractivity contribution in [3.63, 3.8) is 0 Å². The first kappa shape index (κ1) is 23.8. The smallest absolute Gasteiger partial charge is 0.357 e. The van der Waals surface area contributed by atoms with Crippen LogP contribution in [0.3, 0.4) is 0 Å². The van der Waals surface area contributed by atoms with E-state index in [9.17, 15) is 20.0 Å². The summed E-state index contributed by atoms with van der Waals surface area (Å²) < 4.78 is 0.892. The van der Waals surface area contributed by atoms with Crippen LogP contribution in [0, 0.1) is 18.3 Å².